The highest BCUT2D eigenvalue weighted by Gasteiger charge is 2.23. The Balaban J connectivity index is 1.98. The molecule has 0 atom stereocenters. The van der Waals surface area contributed by atoms with Crippen molar-refractivity contribution in [2.75, 3.05) is 19.0 Å². The molecule has 2 aromatic carbocycles. The van der Waals surface area contributed by atoms with Crippen LogP contribution < -0.4 is 4.90 Å². The van der Waals surface area contributed by atoms with Gasteiger partial charge in [0.15, 0.2) is 0 Å². The number of hydrogen-bond acceptors (Lipinski definition) is 5. The molecule has 0 aliphatic heterocycles. The number of aromatic nitrogens is 4. The van der Waals surface area contributed by atoms with Crippen molar-refractivity contribution in [3.05, 3.63) is 78.2 Å². The summed E-state index contributed by atoms with van der Waals surface area (Å²) < 4.78 is 1.66. The van der Waals surface area contributed by atoms with Gasteiger partial charge in [-0.1, -0.05) is 60.7 Å². The Kier molecular flexibility index (Phi) is 3.93. The first-order chi connectivity index (χ1) is 12.6. The number of hydrogen-bond donors (Lipinski definition) is 0. The van der Waals surface area contributed by atoms with E-state index < -0.39 is 0 Å². The summed E-state index contributed by atoms with van der Waals surface area (Å²) in [6.45, 7) is 0. The Morgan fingerprint density at radius 1 is 0.923 bits per heavy atom. The fourth-order valence-electron chi connectivity index (χ4n) is 2.79. The van der Waals surface area contributed by atoms with Crippen LogP contribution in [0.1, 0.15) is 16.1 Å². The zero-order valence-corrected chi connectivity index (χ0v) is 14.5. The average molecular weight is 343 g/mol. The van der Waals surface area contributed by atoms with Crippen molar-refractivity contribution < 1.29 is 4.79 Å². The molecular formula is C20H17N5O. The zero-order chi connectivity index (χ0) is 18.1. The van der Waals surface area contributed by atoms with Gasteiger partial charge in [0.2, 0.25) is 17.5 Å². The first-order valence-electron chi connectivity index (χ1n) is 8.23. The lowest BCUT2D eigenvalue weighted by molar-refractivity contribution is 0.103. The van der Waals surface area contributed by atoms with E-state index in [0.29, 0.717) is 28.7 Å². The molecule has 4 aromatic rings. The van der Waals surface area contributed by atoms with Crippen LogP contribution in [-0.2, 0) is 0 Å². The predicted molar refractivity (Wildman–Crippen MR) is 100 cm³/mol. The molecule has 0 N–H and O–H groups in total. The number of nitrogens with zero attached hydrogens (tertiary/aromatic N) is 5. The smallest absolute Gasteiger partial charge is 0.239 e. The zero-order valence-electron chi connectivity index (χ0n) is 14.5. The Labute approximate surface area is 150 Å². The number of imidazole rings is 1. The van der Waals surface area contributed by atoms with E-state index in [1.165, 1.54) is 0 Å². The van der Waals surface area contributed by atoms with Crippen molar-refractivity contribution in [3.63, 3.8) is 0 Å². The maximum absolute atomic E-state index is 13.2. The van der Waals surface area contributed by atoms with Crippen LogP contribution in [0.15, 0.2) is 67.0 Å². The maximum Gasteiger partial charge on any atom is 0.239 e. The van der Waals surface area contributed by atoms with E-state index in [9.17, 15) is 4.79 Å². The largest absolute Gasteiger partial charge is 0.347 e. The van der Waals surface area contributed by atoms with Crippen LogP contribution in [0.4, 0.5) is 5.95 Å². The minimum absolute atomic E-state index is 0.113. The molecular weight excluding hydrogens is 326 g/mol. The first-order valence-corrected chi connectivity index (χ1v) is 8.23. The van der Waals surface area contributed by atoms with E-state index in [1.807, 2.05) is 62.6 Å². The van der Waals surface area contributed by atoms with Crippen molar-refractivity contribution >= 4 is 17.5 Å². The highest BCUT2D eigenvalue weighted by Crippen LogP contribution is 2.26. The third-order valence-electron chi connectivity index (χ3n) is 4.08. The fraction of sp³-hybridized carbons (Fsp3) is 0.100. The molecule has 4 rings (SSSR count). The molecule has 0 aliphatic carbocycles. The highest BCUT2D eigenvalue weighted by molar-refractivity contribution is 6.11. The fourth-order valence-corrected chi connectivity index (χ4v) is 2.79. The van der Waals surface area contributed by atoms with E-state index in [0.717, 1.165) is 5.56 Å². The van der Waals surface area contributed by atoms with E-state index in [4.69, 9.17) is 0 Å². The van der Waals surface area contributed by atoms with Crippen molar-refractivity contribution in [1.29, 1.82) is 0 Å². The predicted octanol–water partition coefficient (Wildman–Crippen LogP) is 3.09. The quantitative estimate of drug-likeness (QED) is 0.533. The van der Waals surface area contributed by atoms with Crippen LogP contribution in [0, 0.1) is 0 Å². The Bertz CT molecular complexity index is 1070. The summed E-state index contributed by atoms with van der Waals surface area (Å²) in [6, 6.07) is 18.8. The summed E-state index contributed by atoms with van der Waals surface area (Å²) in [5, 5.41) is 0. The molecule has 26 heavy (non-hydrogen) atoms. The third-order valence-corrected chi connectivity index (χ3v) is 4.08. The van der Waals surface area contributed by atoms with Crippen LogP contribution in [-0.4, -0.2) is 39.2 Å². The minimum Gasteiger partial charge on any atom is -0.347 e. The van der Waals surface area contributed by atoms with Gasteiger partial charge in [-0.3, -0.25) is 9.20 Å². The van der Waals surface area contributed by atoms with E-state index in [2.05, 4.69) is 15.0 Å². The van der Waals surface area contributed by atoms with Gasteiger partial charge in [-0.05, 0) is 0 Å². The number of anilines is 1. The van der Waals surface area contributed by atoms with Crippen LogP contribution in [0.2, 0.25) is 0 Å². The Hall–Kier alpha value is -3.54. The number of carbonyl (C=O) groups excluding carboxylic acids is 1. The lowest BCUT2D eigenvalue weighted by Crippen LogP contribution is -2.14. The SMILES string of the molecule is CN(C)c1ncn2c(C(=O)c3ccccc3)c(-c3ccccc3)nc2n1. The summed E-state index contributed by atoms with van der Waals surface area (Å²) in [5.41, 5.74) is 2.53. The topological polar surface area (TPSA) is 63.4 Å². The van der Waals surface area contributed by atoms with Gasteiger partial charge in [-0.15, -0.1) is 0 Å². The van der Waals surface area contributed by atoms with Crippen molar-refractivity contribution in [3.8, 4) is 11.3 Å². The first kappa shape index (κ1) is 16.0. The molecule has 0 fully saturated rings. The molecule has 0 spiro atoms. The van der Waals surface area contributed by atoms with Crippen molar-refractivity contribution in [2.45, 2.75) is 0 Å². The molecule has 6 nitrogen and oxygen atoms in total. The number of fused-ring (bicyclic) bond motifs is 1. The second-order valence-corrected chi connectivity index (χ2v) is 6.09. The molecule has 0 bridgehead atoms. The summed E-state index contributed by atoms with van der Waals surface area (Å²) in [6.07, 6.45) is 1.60. The molecule has 0 aliphatic rings. The maximum atomic E-state index is 13.2. The number of carbonyl (C=O) groups is 1. The van der Waals surface area contributed by atoms with Gasteiger partial charge in [0.05, 0.1) is 0 Å². The lowest BCUT2D eigenvalue weighted by atomic mass is 10.0. The van der Waals surface area contributed by atoms with Crippen molar-refractivity contribution in [1.82, 2.24) is 19.4 Å². The molecule has 0 saturated carbocycles. The van der Waals surface area contributed by atoms with Crippen LogP contribution >= 0.6 is 0 Å². The normalized spacial score (nSPS) is 10.8. The van der Waals surface area contributed by atoms with Gasteiger partial charge in [-0.2, -0.15) is 4.98 Å². The molecule has 2 heterocycles. The van der Waals surface area contributed by atoms with Gasteiger partial charge in [-0.25, -0.2) is 9.97 Å². The standard InChI is InChI=1S/C20H17N5O/c1-24(2)19-21-13-25-17(18(26)15-11-7-4-8-12-15)16(22-20(25)23-19)14-9-5-3-6-10-14/h3-13H,1-2H3. The highest BCUT2D eigenvalue weighted by atomic mass is 16.1. The number of rotatable bonds is 4. The average Bonchev–Trinajstić information content (AvgIpc) is 3.07. The van der Waals surface area contributed by atoms with Crippen LogP contribution in [0.3, 0.4) is 0 Å². The van der Waals surface area contributed by atoms with Crippen molar-refractivity contribution in [2.24, 2.45) is 0 Å². The molecule has 0 amide bonds. The number of benzene rings is 2. The Morgan fingerprint density at radius 2 is 1.58 bits per heavy atom. The van der Waals surface area contributed by atoms with Crippen LogP contribution in [0.5, 0.6) is 0 Å². The Morgan fingerprint density at radius 3 is 2.23 bits per heavy atom. The third kappa shape index (κ3) is 2.71. The summed E-state index contributed by atoms with van der Waals surface area (Å²) >= 11 is 0. The molecule has 0 radical (unpaired) electrons. The molecule has 0 saturated heterocycles. The van der Waals surface area contributed by atoms with E-state index in [-0.39, 0.29) is 5.78 Å². The second kappa shape index (κ2) is 6.40. The van der Waals surface area contributed by atoms with Gasteiger partial charge >= 0.3 is 0 Å². The van der Waals surface area contributed by atoms with Gasteiger partial charge in [0, 0.05) is 25.2 Å². The number of ketones is 1. The van der Waals surface area contributed by atoms with Crippen LogP contribution in [0.25, 0.3) is 17.0 Å². The van der Waals surface area contributed by atoms with Gasteiger partial charge < -0.3 is 4.90 Å². The minimum atomic E-state index is -0.113. The summed E-state index contributed by atoms with van der Waals surface area (Å²) in [7, 11) is 3.73. The molecule has 128 valence electrons. The summed E-state index contributed by atoms with van der Waals surface area (Å²) in [5.74, 6) is 0.876. The van der Waals surface area contributed by atoms with E-state index >= 15 is 0 Å². The van der Waals surface area contributed by atoms with Gasteiger partial charge in [0.1, 0.15) is 17.7 Å². The summed E-state index contributed by atoms with van der Waals surface area (Å²) in [4.78, 5) is 28.5. The molecule has 0 unspecified atom stereocenters. The molecule has 2 aromatic heterocycles. The second-order valence-electron chi connectivity index (χ2n) is 6.09. The van der Waals surface area contributed by atoms with Gasteiger partial charge in [0.25, 0.3) is 0 Å². The van der Waals surface area contributed by atoms with E-state index in [1.54, 1.807) is 27.8 Å². The lowest BCUT2D eigenvalue weighted by Gasteiger charge is -2.09. The molecule has 6 heteroatoms. The monoisotopic (exact) mass is 343 g/mol.